The molecule has 0 radical (unpaired) electrons. The quantitative estimate of drug-likeness (QED) is 0.732. The van der Waals surface area contributed by atoms with Crippen LogP contribution in [0, 0.1) is 23.7 Å². The van der Waals surface area contributed by atoms with Gasteiger partial charge < -0.3 is 19.9 Å². The summed E-state index contributed by atoms with van der Waals surface area (Å²) in [5.74, 6) is 3.05. The van der Waals surface area contributed by atoms with E-state index in [-0.39, 0.29) is 6.03 Å². The maximum absolute atomic E-state index is 12.5. The molecule has 1 saturated heterocycles. The highest BCUT2D eigenvalue weighted by molar-refractivity contribution is 5.75. The second kappa shape index (κ2) is 9.21. The molecular weight excluding hydrogens is 376 g/mol. The molecule has 4 rings (SSSR count). The smallest absolute Gasteiger partial charge is 0.317 e. The number of amides is 2. The van der Waals surface area contributed by atoms with Crippen LogP contribution < -0.4 is 5.32 Å². The van der Waals surface area contributed by atoms with E-state index in [1.54, 1.807) is 0 Å². The third kappa shape index (κ3) is 4.69. The van der Waals surface area contributed by atoms with Gasteiger partial charge in [0, 0.05) is 26.1 Å². The topological polar surface area (TPSA) is 70.2 Å². The van der Waals surface area contributed by atoms with Gasteiger partial charge in [0.25, 0.3) is 0 Å². The Balaban J connectivity index is 1.42. The van der Waals surface area contributed by atoms with Crippen molar-refractivity contribution in [2.45, 2.75) is 33.6 Å². The zero-order chi connectivity index (χ0) is 21.1. The third-order valence-corrected chi connectivity index (χ3v) is 6.75. The van der Waals surface area contributed by atoms with Crippen LogP contribution >= 0.6 is 0 Å². The molecule has 30 heavy (non-hydrogen) atoms. The normalized spacial score (nSPS) is 24.9. The van der Waals surface area contributed by atoms with Crippen molar-refractivity contribution < 1.29 is 9.53 Å². The highest BCUT2D eigenvalue weighted by Crippen LogP contribution is 2.38. The number of nitrogens with zero attached hydrogens (tertiary/aromatic N) is 2. The molecule has 1 aliphatic carbocycles. The monoisotopic (exact) mass is 410 g/mol. The van der Waals surface area contributed by atoms with Crippen LogP contribution in [0.25, 0.3) is 11.0 Å². The number of carbonyl (C=O) groups excluding carboxylic acids is 1. The lowest BCUT2D eigenvalue weighted by atomic mass is 9.70. The second-order valence-corrected chi connectivity index (χ2v) is 9.11. The fraction of sp³-hybridized carbons (Fsp3) is 0.583. The van der Waals surface area contributed by atoms with E-state index in [1.807, 2.05) is 17.0 Å². The van der Waals surface area contributed by atoms with Gasteiger partial charge in [-0.3, -0.25) is 0 Å². The van der Waals surface area contributed by atoms with Crippen LogP contribution in [-0.2, 0) is 11.2 Å². The summed E-state index contributed by atoms with van der Waals surface area (Å²) >= 11 is 0. The molecule has 2 amide bonds. The van der Waals surface area contributed by atoms with Crippen LogP contribution in [-0.4, -0.2) is 53.7 Å². The second-order valence-electron chi connectivity index (χ2n) is 9.11. The van der Waals surface area contributed by atoms with Crippen molar-refractivity contribution in [2.24, 2.45) is 23.7 Å². The standard InChI is InChI=1S/C24H34N4O2/c1-16(2)20-13-18(14-23-26-21-6-4-5-7-22(21)27-23)17(3)12-19(20)15-25-24(29)28-8-10-30-11-9-28/h4-7,12,16,18-20H,8-11,13-15H2,1-3H3,(H,25,29)(H,26,27)/t18-,19-,20-/m0/s1. The summed E-state index contributed by atoms with van der Waals surface area (Å²) in [4.78, 5) is 22.6. The number of benzene rings is 1. The third-order valence-electron chi connectivity index (χ3n) is 6.75. The number of nitrogens with one attached hydrogen (secondary N) is 2. The largest absolute Gasteiger partial charge is 0.378 e. The molecule has 2 heterocycles. The van der Waals surface area contributed by atoms with Gasteiger partial charge in [0.15, 0.2) is 0 Å². The van der Waals surface area contributed by atoms with Crippen molar-refractivity contribution in [1.82, 2.24) is 20.2 Å². The minimum atomic E-state index is 0.0382. The average molecular weight is 411 g/mol. The summed E-state index contributed by atoms with van der Waals surface area (Å²) in [7, 11) is 0. The molecule has 0 spiro atoms. The van der Waals surface area contributed by atoms with Gasteiger partial charge in [0.1, 0.15) is 5.82 Å². The van der Waals surface area contributed by atoms with Crippen LogP contribution in [0.2, 0.25) is 0 Å². The summed E-state index contributed by atoms with van der Waals surface area (Å²) in [5.41, 5.74) is 3.56. The average Bonchev–Trinajstić information content (AvgIpc) is 3.16. The fourth-order valence-corrected chi connectivity index (χ4v) is 4.93. The highest BCUT2D eigenvalue weighted by atomic mass is 16.5. The van der Waals surface area contributed by atoms with E-state index in [0.29, 0.717) is 56.5 Å². The maximum Gasteiger partial charge on any atom is 0.317 e. The first-order chi connectivity index (χ1) is 14.5. The molecule has 6 heteroatoms. The Morgan fingerprint density at radius 2 is 2.07 bits per heavy atom. The van der Waals surface area contributed by atoms with Gasteiger partial charge in [-0.2, -0.15) is 0 Å². The molecule has 1 aromatic heterocycles. The van der Waals surface area contributed by atoms with E-state index >= 15 is 0 Å². The summed E-state index contributed by atoms with van der Waals surface area (Å²) in [5, 5.41) is 3.18. The Morgan fingerprint density at radius 3 is 2.80 bits per heavy atom. The van der Waals surface area contributed by atoms with Gasteiger partial charge in [-0.25, -0.2) is 9.78 Å². The number of aromatic nitrogens is 2. The number of carbonyl (C=O) groups is 1. The number of allylic oxidation sites excluding steroid dienone is 1. The predicted octanol–water partition coefficient (Wildman–Crippen LogP) is 4.00. The molecule has 0 bridgehead atoms. The Bertz CT molecular complexity index is 864. The van der Waals surface area contributed by atoms with Crippen molar-refractivity contribution in [3.8, 4) is 0 Å². The lowest BCUT2D eigenvalue weighted by molar-refractivity contribution is 0.0527. The number of morpholine rings is 1. The zero-order valence-corrected chi connectivity index (χ0v) is 18.4. The van der Waals surface area contributed by atoms with Gasteiger partial charge >= 0.3 is 6.03 Å². The molecule has 0 unspecified atom stereocenters. The molecule has 1 fully saturated rings. The molecule has 1 aromatic carbocycles. The Morgan fingerprint density at radius 1 is 1.30 bits per heavy atom. The van der Waals surface area contributed by atoms with Crippen LogP contribution in [0.4, 0.5) is 4.79 Å². The van der Waals surface area contributed by atoms with Gasteiger partial charge in [0.05, 0.1) is 24.2 Å². The summed E-state index contributed by atoms with van der Waals surface area (Å²) < 4.78 is 5.35. The van der Waals surface area contributed by atoms with Gasteiger partial charge in [-0.05, 0) is 49.1 Å². The van der Waals surface area contributed by atoms with E-state index in [1.165, 1.54) is 5.57 Å². The Labute approximate surface area is 179 Å². The molecular formula is C24H34N4O2. The first kappa shape index (κ1) is 20.9. The highest BCUT2D eigenvalue weighted by Gasteiger charge is 2.32. The van der Waals surface area contributed by atoms with E-state index in [0.717, 1.165) is 29.7 Å². The summed E-state index contributed by atoms with van der Waals surface area (Å²) in [6.07, 6.45) is 4.48. The number of para-hydroxylation sites is 2. The van der Waals surface area contributed by atoms with Gasteiger partial charge in [0.2, 0.25) is 0 Å². The SMILES string of the molecule is CC1=C[C@@H](CNC(=O)N2CCOCC2)[C@H](C(C)C)C[C@H]1Cc1nc2ccccc2[nH]1. The number of urea groups is 1. The number of rotatable bonds is 5. The molecule has 3 atom stereocenters. The minimum Gasteiger partial charge on any atom is -0.378 e. The Kier molecular flexibility index (Phi) is 6.42. The first-order valence-corrected chi connectivity index (χ1v) is 11.2. The van der Waals surface area contributed by atoms with Crippen LogP contribution in [0.1, 0.15) is 33.0 Å². The predicted molar refractivity (Wildman–Crippen MR) is 119 cm³/mol. The number of H-pyrrole nitrogens is 1. The molecule has 2 N–H and O–H groups in total. The van der Waals surface area contributed by atoms with Crippen LogP contribution in [0.15, 0.2) is 35.9 Å². The van der Waals surface area contributed by atoms with Gasteiger partial charge in [-0.1, -0.05) is 37.6 Å². The van der Waals surface area contributed by atoms with E-state index in [2.05, 4.69) is 49.3 Å². The number of fused-ring (bicyclic) bond motifs is 1. The van der Waals surface area contributed by atoms with Crippen molar-refractivity contribution >= 4 is 17.1 Å². The fourth-order valence-electron chi connectivity index (χ4n) is 4.93. The Hall–Kier alpha value is -2.34. The zero-order valence-electron chi connectivity index (χ0n) is 18.4. The molecule has 2 aromatic rings. The summed E-state index contributed by atoms with van der Waals surface area (Å²) in [6.45, 7) is 10.2. The molecule has 162 valence electrons. The first-order valence-electron chi connectivity index (χ1n) is 11.2. The number of hydrogen-bond acceptors (Lipinski definition) is 3. The van der Waals surface area contributed by atoms with E-state index < -0.39 is 0 Å². The van der Waals surface area contributed by atoms with Crippen LogP contribution in [0.5, 0.6) is 0 Å². The number of aromatic amines is 1. The van der Waals surface area contributed by atoms with Crippen molar-refractivity contribution in [3.63, 3.8) is 0 Å². The van der Waals surface area contributed by atoms with Crippen molar-refractivity contribution in [1.29, 1.82) is 0 Å². The molecule has 6 nitrogen and oxygen atoms in total. The van der Waals surface area contributed by atoms with E-state index in [4.69, 9.17) is 9.72 Å². The lowest BCUT2D eigenvalue weighted by Gasteiger charge is -2.37. The number of imidazole rings is 1. The van der Waals surface area contributed by atoms with E-state index in [9.17, 15) is 4.79 Å². The van der Waals surface area contributed by atoms with Crippen molar-refractivity contribution in [2.75, 3.05) is 32.8 Å². The van der Waals surface area contributed by atoms with Crippen molar-refractivity contribution in [3.05, 3.63) is 41.7 Å². The molecule has 2 aliphatic rings. The summed E-state index contributed by atoms with van der Waals surface area (Å²) in [6, 6.07) is 8.25. The maximum atomic E-state index is 12.5. The minimum absolute atomic E-state index is 0.0382. The number of ether oxygens (including phenoxy) is 1. The number of hydrogen-bond donors (Lipinski definition) is 2. The molecule has 0 saturated carbocycles. The lowest BCUT2D eigenvalue weighted by Crippen LogP contribution is -2.48. The van der Waals surface area contributed by atoms with Gasteiger partial charge in [-0.15, -0.1) is 0 Å². The molecule has 1 aliphatic heterocycles. The van der Waals surface area contributed by atoms with Crippen LogP contribution in [0.3, 0.4) is 0 Å².